The van der Waals surface area contributed by atoms with Crippen molar-refractivity contribution < 1.29 is 42.1 Å². The van der Waals surface area contributed by atoms with E-state index >= 15 is 0 Å². The van der Waals surface area contributed by atoms with Crippen LogP contribution in [0.15, 0.2) is 60.8 Å². The van der Waals surface area contributed by atoms with Crippen LogP contribution in [-0.2, 0) is 32.7 Å². The fraction of sp³-hybridized carbons (Fsp3) is 0.727. The second-order valence-corrected chi connectivity index (χ2v) is 16.5. The fourth-order valence-electron chi connectivity index (χ4n) is 5.15. The number of hydrogen-bond donors (Lipinski definition) is 1. The molecule has 54 heavy (non-hydrogen) atoms. The number of likely N-dealkylation sites (N-methyl/N-ethyl adjacent to an activating group) is 1. The third-order valence-electron chi connectivity index (χ3n) is 8.52. The van der Waals surface area contributed by atoms with Gasteiger partial charge in [-0.2, -0.15) is 0 Å². The Labute approximate surface area is 330 Å². The van der Waals surface area contributed by atoms with Gasteiger partial charge in [-0.25, -0.2) is 4.57 Å². The molecule has 0 heterocycles. The highest BCUT2D eigenvalue weighted by molar-refractivity contribution is 7.47. The van der Waals surface area contributed by atoms with Gasteiger partial charge in [0.15, 0.2) is 6.10 Å². The van der Waals surface area contributed by atoms with Gasteiger partial charge < -0.3 is 18.9 Å². The van der Waals surface area contributed by atoms with E-state index < -0.39 is 32.5 Å². The summed E-state index contributed by atoms with van der Waals surface area (Å²) in [4.78, 5) is 35.2. The molecule has 0 rings (SSSR count). The normalized spacial score (nSPS) is 14.3. The van der Waals surface area contributed by atoms with Crippen LogP contribution in [0.2, 0.25) is 0 Å². The first-order chi connectivity index (χ1) is 26.0. The molecule has 9 nitrogen and oxygen atoms in total. The minimum Gasteiger partial charge on any atom is -0.462 e. The van der Waals surface area contributed by atoms with Gasteiger partial charge in [0.05, 0.1) is 27.7 Å². The average Bonchev–Trinajstić information content (AvgIpc) is 3.12. The van der Waals surface area contributed by atoms with E-state index in [2.05, 4.69) is 74.6 Å². The summed E-state index contributed by atoms with van der Waals surface area (Å²) in [6, 6.07) is 0. The van der Waals surface area contributed by atoms with Crippen molar-refractivity contribution in [2.75, 3.05) is 47.5 Å². The van der Waals surface area contributed by atoms with E-state index in [1.807, 2.05) is 21.1 Å². The highest BCUT2D eigenvalue weighted by Crippen LogP contribution is 2.43. The van der Waals surface area contributed by atoms with Gasteiger partial charge in [-0.15, -0.1) is 0 Å². The summed E-state index contributed by atoms with van der Waals surface area (Å²) in [5.41, 5.74) is 0. The third-order valence-corrected chi connectivity index (χ3v) is 9.50. The fourth-order valence-corrected chi connectivity index (χ4v) is 5.89. The number of phosphoric acid groups is 1. The summed E-state index contributed by atoms with van der Waals surface area (Å²) >= 11 is 0. The lowest BCUT2D eigenvalue weighted by Gasteiger charge is -2.24. The Kier molecular flexibility index (Phi) is 34.8. The second kappa shape index (κ2) is 36.4. The molecule has 0 aliphatic heterocycles. The molecule has 0 saturated heterocycles. The van der Waals surface area contributed by atoms with Gasteiger partial charge in [0.25, 0.3) is 0 Å². The monoisotopic (exact) mass is 781 g/mol. The molecule has 0 radical (unpaired) electrons. The van der Waals surface area contributed by atoms with Crippen LogP contribution in [0.4, 0.5) is 0 Å². The number of carbonyl (C=O) groups excluding carboxylic acids is 2. The average molecular weight is 781 g/mol. The zero-order valence-corrected chi connectivity index (χ0v) is 35.8. The summed E-state index contributed by atoms with van der Waals surface area (Å²) < 4.78 is 34.2. The molecule has 0 spiro atoms. The van der Waals surface area contributed by atoms with Crippen molar-refractivity contribution in [3.63, 3.8) is 0 Å². The van der Waals surface area contributed by atoms with Gasteiger partial charge >= 0.3 is 19.8 Å². The number of quaternary nitrogens is 1. The van der Waals surface area contributed by atoms with Gasteiger partial charge in [-0.05, 0) is 77.0 Å². The van der Waals surface area contributed by atoms with Gasteiger partial charge in [0.1, 0.15) is 19.8 Å². The predicted octanol–water partition coefficient (Wildman–Crippen LogP) is 11.7. The van der Waals surface area contributed by atoms with Crippen LogP contribution < -0.4 is 0 Å². The van der Waals surface area contributed by atoms with Crippen LogP contribution in [0.25, 0.3) is 0 Å². The molecule has 0 fully saturated rings. The molecule has 0 saturated carbocycles. The van der Waals surface area contributed by atoms with Gasteiger partial charge in [0.2, 0.25) is 0 Å². The zero-order valence-electron chi connectivity index (χ0n) is 34.9. The first kappa shape index (κ1) is 51.7. The molecule has 0 bridgehead atoms. The maximum atomic E-state index is 12.7. The number of phosphoric ester groups is 1. The summed E-state index contributed by atoms with van der Waals surface area (Å²) in [6.07, 6.45) is 42.7. The second-order valence-electron chi connectivity index (χ2n) is 15.0. The van der Waals surface area contributed by atoms with E-state index in [0.717, 1.165) is 83.5 Å². The summed E-state index contributed by atoms with van der Waals surface area (Å²) in [5.74, 6) is -0.852. The van der Waals surface area contributed by atoms with Crippen molar-refractivity contribution in [3.8, 4) is 0 Å². The predicted molar refractivity (Wildman–Crippen MR) is 224 cm³/mol. The van der Waals surface area contributed by atoms with E-state index in [4.69, 9.17) is 18.5 Å². The Balaban J connectivity index is 4.46. The molecule has 2 atom stereocenters. The lowest BCUT2D eigenvalue weighted by Crippen LogP contribution is -2.37. The lowest BCUT2D eigenvalue weighted by atomic mass is 10.1. The van der Waals surface area contributed by atoms with Gasteiger partial charge in [-0.1, -0.05) is 126 Å². The minimum absolute atomic E-state index is 0.0213. The van der Waals surface area contributed by atoms with E-state index in [-0.39, 0.29) is 26.1 Å². The van der Waals surface area contributed by atoms with Crippen LogP contribution in [0.1, 0.15) is 155 Å². The Morgan fingerprint density at radius 1 is 0.574 bits per heavy atom. The number of esters is 2. The molecule has 0 aromatic carbocycles. The van der Waals surface area contributed by atoms with Crippen molar-refractivity contribution in [3.05, 3.63) is 60.8 Å². The first-order valence-electron chi connectivity index (χ1n) is 21.0. The number of ether oxygens (including phenoxy) is 2. The van der Waals surface area contributed by atoms with E-state index in [1.54, 1.807) is 0 Å². The molecular weight excluding hydrogens is 701 g/mol. The topological polar surface area (TPSA) is 108 Å². The standard InChI is InChI=1S/C44H78NO8P/c1-6-8-10-12-14-16-18-19-20-21-22-23-24-25-27-29-31-33-35-37-44(47)53-42(41-52-54(48,49)51-39-38-45(3,4)5)40-50-43(46)36-34-32-30-28-26-17-15-13-11-9-7-2/h13-16,19-20,22-23,25,27,42H,6-12,17-18,21,24,26,28-41H2,1-5H3/p+1/b15-13+,16-14+,20-19+,23-22+,27-25+/t42-/m1/s1. The van der Waals surface area contributed by atoms with Crippen molar-refractivity contribution in [2.24, 2.45) is 0 Å². The molecule has 0 aromatic heterocycles. The van der Waals surface area contributed by atoms with Crippen LogP contribution in [0.5, 0.6) is 0 Å². The largest absolute Gasteiger partial charge is 0.472 e. The van der Waals surface area contributed by atoms with Crippen molar-refractivity contribution in [1.29, 1.82) is 0 Å². The van der Waals surface area contributed by atoms with Crippen LogP contribution in [0.3, 0.4) is 0 Å². The van der Waals surface area contributed by atoms with Crippen LogP contribution in [-0.4, -0.2) is 74.9 Å². The van der Waals surface area contributed by atoms with Gasteiger partial charge in [0, 0.05) is 12.8 Å². The number of allylic oxidation sites excluding steroid dienone is 10. The Bertz CT molecular complexity index is 1110. The Morgan fingerprint density at radius 2 is 1.02 bits per heavy atom. The third kappa shape index (κ3) is 39.4. The number of unbranched alkanes of at least 4 members (excludes halogenated alkanes) is 13. The highest BCUT2D eigenvalue weighted by Gasteiger charge is 2.27. The summed E-state index contributed by atoms with van der Waals surface area (Å²) in [6.45, 7) is 4.28. The lowest BCUT2D eigenvalue weighted by molar-refractivity contribution is -0.870. The molecule has 0 aliphatic rings. The number of rotatable bonds is 37. The van der Waals surface area contributed by atoms with E-state index in [1.165, 1.54) is 38.5 Å². The summed E-state index contributed by atoms with van der Waals surface area (Å²) in [7, 11) is 1.44. The van der Waals surface area contributed by atoms with Crippen LogP contribution in [0, 0.1) is 0 Å². The van der Waals surface area contributed by atoms with E-state index in [0.29, 0.717) is 17.4 Å². The molecule has 0 amide bonds. The van der Waals surface area contributed by atoms with Gasteiger partial charge in [-0.3, -0.25) is 18.6 Å². The highest BCUT2D eigenvalue weighted by atomic mass is 31.2. The van der Waals surface area contributed by atoms with E-state index in [9.17, 15) is 19.0 Å². The Hall–Kier alpha value is -2.29. The van der Waals surface area contributed by atoms with Crippen molar-refractivity contribution in [1.82, 2.24) is 0 Å². The Morgan fingerprint density at radius 3 is 1.57 bits per heavy atom. The quantitative estimate of drug-likeness (QED) is 0.0218. The minimum atomic E-state index is -4.38. The number of nitrogens with zero attached hydrogens (tertiary/aromatic N) is 1. The van der Waals surface area contributed by atoms with Crippen molar-refractivity contribution >= 4 is 19.8 Å². The molecule has 0 aliphatic carbocycles. The molecule has 312 valence electrons. The first-order valence-corrected chi connectivity index (χ1v) is 22.5. The SMILES string of the molecule is CCCC/C=C/CCCCCCCC(=O)OC[C@H](COP(=O)(O)OCC[N+](C)(C)C)OC(=O)CCCCC/C=C/C/C=C/C/C=C/C/C=C/CCCCC. The van der Waals surface area contributed by atoms with Crippen molar-refractivity contribution in [2.45, 2.75) is 161 Å². The van der Waals surface area contributed by atoms with Crippen LogP contribution >= 0.6 is 7.82 Å². The molecular formula is C44H79NO8P+. The molecule has 1 unspecified atom stereocenters. The molecule has 1 N–H and O–H groups in total. The zero-order chi connectivity index (χ0) is 40.0. The maximum Gasteiger partial charge on any atom is 0.472 e. The number of hydrogen-bond acceptors (Lipinski definition) is 7. The maximum absolute atomic E-state index is 12.7. The number of carbonyl (C=O) groups is 2. The molecule has 0 aromatic rings. The summed E-state index contributed by atoms with van der Waals surface area (Å²) in [5, 5.41) is 0. The molecule has 10 heteroatoms. The smallest absolute Gasteiger partial charge is 0.462 e.